The molecule has 9 nitrogen and oxygen atoms in total. The Hall–Kier alpha value is -2.52. The summed E-state index contributed by atoms with van der Waals surface area (Å²) in [5.41, 5.74) is 0.809. The molecule has 0 unspecified atom stereocenters. The van der Waals surface area contributed by atoms with Crippen LogP contribution in [-0.2, 0) is 0 Å². The summed E-state index contributed by atoms with van der Waals surface area (Å²) in [6.45, 7) is 5.37. The number of nitrogens with zero attached hydrogens (tertiary/aromatic N) is 5. The highest BCUT2D eigenvalue weighted by Gasteiger charge is 2.24. The van der Waals surface area contributed by atoms with E-state index in [-0.39, 0.29) is 18.7 Å². The van der Waals surface area contributed by atoms with Gasteiger partial charge in [0.15, 0.2) is 0 Å². The lowest BCUT2D eigenvalue weighted by Crippen LogP contribution is -2.52. The van der Waals surface area contributed by atoms with Gasteiger partial charge in [-0.2, -0.15) is 4.98 Å². The van der Waals surface area contributed by atoms with Gasteiger partial charge < -0.3 is 19.8 Å². The molecule has 0 radical (unpaired) electrons. The molecule has 2 amide bonds. The Kier molecular flexibility index (Phi) is 5.56. The highest BCUT2D eigenvalue weighted by molar-refractivity contribution is 5.74. The van der Waals surface area contributed by atoms with Crippen LogP contribution >= 0.6 is 0 Å². The van der Waals surface area contributed by atoms with E-state index in [0.29, 0.717) is 31.3 Å². The zero-order chi connectivity index (χ0) is 17.6. The first kappa shape index (κ1) is 17.3. The fraction of sp³-hybridized carbons (Fsp3) is 0.500. The molecule has 0 spiro atoms. The molecule has 3 rings (SSSR count). The molecule has 1 aliphatic rings. The quantitative estimate of drug-likeness (QED) is 0.812. The number of β-amino-alcohol motifs (C(OH)–C–C–N with tert-alkyl or cyclic N) is 1. The zero-order valence-corrected chi connectivity index (χ0v) is 14.1. The van der Waals surface area contributed by atoms with Gasteiger partial charge in [-0.3, -0.25) is 9.88 Å². The van der Waals surface area contributed by atoms with Gasteiger partial charge in [-0.05, 0) is 19.1 Å². The van der Waals surface area contributed by atoms with Crippen molar-refractivity contribution >= 4 is 6.03 Å². The minimum absolute atomic E-state index is 0.139. The van der Waals surface area contributed by atoms with Gasteiger partial charge in [0.1, 0.15) is 6.04 Å². The Morgan fingerprint density at radius 2 is 2.04 bits per heavy atom. The van der Waals surface area contributed by atoms with E-state index in [1.165, 1.54) is 0 Å². The number of aromatic nitrogens is 3. The smallest absolute Gasteiger partial charge is 0.318 e. The summed E-state index contributed by atoms with van der Waals surface area (Å²) in [7, 11) is 0. The van der Waals surface area contributed by atoms with Crippen LogP contribution in [0.5, 0.6) is 0 Å². The van der Waals surface area contributed by atoms with Crippen LogP contribution in [0.2, 0.25) is 0 Å². The van der Waals surface area contributed by atoms with Gasteiger partial charge in [0, 0.05) is 50.7 Å². The molecule has 3 heterocycles. The maximum absolute atomic E-state index is 12.4. The predicted molar refractivity (Wildman–Crippen MR) is 89.6 cm³/mol. The summed E-state index contributed by atoms with van der Waals surface area (Å²) >= 11 is 0. The van der Waals surface area contributed by atoms with Crippen LogP contribution in [0.25, 0.3) is 11.4 Å². The number of piperazine rings is 1. The Balaban J connectivity index is 1.55. The average molecular weight is 346 g/mol. The van der Waals surface area contributed by atoms with Gasteiger partial charge in [-0.15, -0.1) is 0 Å². The lowest BCUT2D eigenvalue weighted by molar-refractivity contribution is 0.120. The van der Waals surface area contributed by atoms with Gasteiger partial charge >= 0.3 is 6.03 Å². The first-order chi connectivity index (χ1) is 12.2. The number of hydrogen-bond donors (Lipinski definition) is 2. The third-order valence-electron chi connectivity index (χ3n) is 4.17. The molecule has 0 aliphatic carbocycles. The first-order valence-electron chi connectivity index (χ1n) is 8.30. The Bertz CT molecular complexity index is 684. The minimum atomic E-state index is -0.383. The molecule has 1 fully saturated rings. The van der Waals surface area contributed by atoms with Crippen molar-refractivity contribution in [1.82, 2.24) is 30.2 Å². The summed E-state index contributed by atoms with van der Waals surface area (Å²) in [5.74, 6) is 0.829. The number of urea groups is 1. The van der Waals surface area contributed by atoms with Crippen molar-refractivity contribution in [2.75, 3.05) is 39.3 Å². The van der Waals surface area contributed by atoms with Crippen LogP contribution < -0.4 is 5.32 Å². The number of rotatable bonds is 5. The molecule has 134 valence electrons. The van der Waals surface area contributed by atoms with Crippen molar-refractivity contribution in [3.8, 4) is 11.4 Å². The highest BCUT2D eigenvalue weighted by atomic mass is 16.5. The third kappa shape index (κ3) is 4.31. The van der Waals surface area contributed by atoms with E-state index >= 15 is 0 Å². The Morgan fingerprint density at radius 3 is 2.72 bits per heavy atom. The number of carbonyl (C=O) groups excluding carboxylic acids is 1. The standard InChI is InChI=1S/C16H22N6O3/c1-12(15-19-14(20-25-15)13-2-4-17-5-3-13)18-16(24)22-8-6-21(7-9-22)10-11-23/h2-5,12,23H,6-11H2,1H3,(H,18,24)/t12-/m0/s1. The number of nitrogens with one attached hydrogen (secondary N) is 1. The summed E-state index contributed by atoms with van der Waals surface area (Å²) in [4.78, 5) is 24.6. The van der Waals surface area contributed by atoms with Gasteiger partial charge in [0.05, 0.1) is 6.61 Å². The highest BCUT2D eigenvalue weighted by Crippen LogP contribution is 2.18. The van der Waals surface area contributed by atoms with Crippen LogP contribution in [0.4, 0.5) is 4.79 Å². The summed E-state index contributed by atoms with van der Waals surface area (Å²) in [6.07, 6.45) is 3.32. The summed E-state index contributed by atoms with van der Waals surface area (Å²) < 4.78 is 5.27. The summed E-state index contributed by atoms with van der Waals surface area (Å²) in [6, 6.07) is 3.05. The number of aliphatic hydroxyl groups is 1. The van der Waals surface area contributed by atoms with Crippen LogP contribution in [-0.4, -0.2) is 75.4 Å². The SMILES string of the molecule is C[C@H](NC(=O)N1CCN(CCO)CC1)c1nc(-c2ccncc2)no1. The predicted octanol–water partition coefficient (Wildman–Crippen LogP) is 0.512. The molecule has 0 aromatic carbocycles. The second kappa shape index (κ2) is 8.04. The van der Waals surface area contributed by atoms with E-state index in [4.69, 9.17) is 9.63 Å². The maximum Gasteiger partial charge on any atom is 0.318 e. The largest absolute Gasteiger partial charge is 0.395 e. The van der Waals surface area contributed by atoms with Crippen LogP contribution in [0, 0.1) is 0 Å². The number of aliphatic hydroxyl groups excluding tert-OH is 1. The monoisotopic (exact) mass is 346 g/mol. The van der Waals surface area contributed by atoms with E-state index in [1.807, 2.05) is 6.92 Å². The Morgan fingerprint density at radius 1 is 1.32 bits per heavy atom. The van der Waals surface area contributed by atoms with E-state index < -0.39 is 0 Å². The lowest BCUT2D eigenvalue weighted by atomic mass is 10.2. The molecule has 1 atom stereocenters. The van der Waals surface area contributed by atoms with Crippen molar-refractivity contribution in [3.63, 3.8) is 0 Å². The van der Waals surface area contributed by atoms with Crippen molar-refractivity contribution < 1.29 is 14.4 Å². The van der Waals surface area contributed by atoms with E-state index in [9.17, 15) is 4.79 Å². The molecule has 2 aromatic rings. The second-order valence-corrected chi connectivity index (χ2v) is 5.92. The molecular formula is C16H22N6O3. The van der Waals surface area contributed by atoms with E-state index in [0.717, 1.165) is 18.7 Å². The number of amides is 2. The molecule has 25 heavy (non-hydrogen) atoms. The summed E-state index contributed by atoms with van der Waals surface area (Å²) in [5, 5.41) is 15.8. The van der Waals surface area contributed by atoms with E-state index in [2.05, 4.69) is 25.3 Å². The van der Waals surface area contributed by atoms with Crippen molar-refractivity contribution in [2.45, 2.75) is 13.0 Å². The topological polar surface area (TPSA) is 108 Å². The van der Waals surface area contributed by atoms with Crippen LogP contribution in [0.1, 0.15) is 18.9 Å². The molecule has 1 aliphatic heterocycles. The fourth-order valence-corrected chi connectivity index (χ4v) is 2.68. The van der Waals surface area contributed by atoms with Gasteiger partial charge in [-0.25, -0.2) is 4.79 Å². The van der Waals surface area contributed by atoms with Gasteiger partial charge in [0.25, 0.3) is 0 Å². The lowest BCUT2D eigenvalue weighted by Gasteiger charge is -2.34. The second-order valence-electron chi connectivity index (χ2n) is 5.92. The Labute approximate surface area is 145 Å². The molecule has 1 saturated heterocycles. The fourth-order valence-electron chi connectivity index (χ4n) is 2.68. The average Bonchev–Trinajstić information content (AvgIpc) is 3.13. The van der Waals surface area contributed by atoms with Crippen LogP contribution in [0.15, 0.2) is 29.0 Å². The van der Waals surface area contributed by atoms with Crippen molar-refractivity contribution in [3.05, 3.63) is 30.4 Å². The van der Waals surface area contributed by atoms with Crippen molar-refractivity contribution in [2.24, 2.45) is 0 Å². The zero-order valence-electron chi connectivity index (χ0n) is 14.1. The molecule has 2 aromatic heterocycles. The van der Waals surface area contributed by atoms with Crippen molar-refractivity contribution in [1.29, 1.82) is 0 Å². The maximum atomic E-state index is 12.4. The number of carbonyl (C=O) groups is 1. The molecule has 9 heteroatoms. The number of pyridine rings is 1. The molecule has 2 N–H and O–H groups in total. The first-order valence-corrected chi connectivity index (χ1v) is 8.30. The molecular weight excluding hydrogens is 324 g/mol. The van der Waals surface area contributed by atoms with Gasteiger partial charge in [0.2, 0.25) is 11.7 Å². The molecule has 0 saturated carbocycles. The third-order valence-corrected chi connectivity index (χ3v) is 4.17. The minimum Gasteiger partial charge on any atom is -0.395 e. The van der Waals surface area contributed by atoms with Crippen LogP contribution in [0.3, 0.4) is 0 Å². The normalized spacial score (nSPS) is 16.6. The van der Waals surface area contributed by atoms with Gasteiger partial charge in [-0.1, -0.05) is 5.16 Å². The molecule has 0 bridgehead atoms. The van der Waals surface area contributed by atoms with E-state index in [1.54, 1.807) is 29.4 Å². The number of hydrogen-bond acceptors (Lipinski definition) is 7.